The van der Waals surface area contributed by atoms with Crippen LogP contribution >= 0.6 is 0 Å². The van der Waals surface area contributed by atoms with Gasteiger partial charge in [0.25, 0.3) is 0 Å². The molecule has 1 N–H and O–H groups in total. The molecule has 0 radical (unpaired) electrons. The average Bonchev–Trinajstić information content (AvgIpc) is 1.85. The van der Waals surface area contributed by atoms with Crippen LogP contribution in [0.25, 0.3) is 0 Å². The Hall–Kier alpha value is 0.0934. The van der Waals surface area contributed by atoms with Gasteiger partial charge in [0.2, 0.25) is 0 Å². The SMILES string of the molecule is CC1CCC(C(=O)O)C(C)C1.[Zn]. The quantitative estimate of drug-likeness (QED) is 0.689. The topological polar surface area (TPSA) is 37.3 Å². The van der Waals surface area contributed by atoms with E-state index < -0.39 is 5.97 Å². The molecule has 0 spiro atoms. The third-order valence-corrected chi connectivity index (χ3v) is 2.75. The minimum absolute atomic E-state index is 0. The average molecular weight is 222 g/mol. The first-order chi connectivity index (χ1) is 5.11. The van der Waals surface area contributed by atoms with Crippen LogP contribution in [0, 0.1) is 17.8 Å². The fraction of sp³-hybridized carbons (Fsp3) is 0.889. The molecule has 1 fully saturated rings. The minimum atomic E-state index is -0.607. The van der Waals surface area contributed by atoms with E-state index in [0.717, 1.165) is 25.2 Å². The normalized spacial score (nSPS) is 35.3. The Bertz CT molecular complexity index is 159. The molecule has 0 aromatic heterocycles. The van der Waals surface area contributed by atoms with E-state index in [4.69, 9.17) is 5.11 Å². The van der Waals surface area contributed by atoms with Crippen LogP contribution < -0.4 is 0 Å². The number of rotatable bonds is 1. The monoisotopic (exact) mass is 220 g/mol. The number of hydrogen-bond donors (Lipinski definition) is 1. The molecule has 0 heterocycles. The summed E-state index contributed by atoms with van der Waals surface area (Å²) < 4.78 is 0. The summed E-state index contributed by atoms with van der Waals surface area (Å²) in [6.07, 6.45) is 3.04. The van der Waals surface area contributed by atoms with Gasteiger partial charge in [0.15, 0.2) is 0 Å². The Labute approximate surface area is 86.5 Å². The van der Waals surface area contributed by atoms with Crippen molar-refractivity contribution in [2.45, 2.75) is 33.1 Å². The summed E-state index contributed by atoms with van der Waals surface area (Å²) in [7, 11) is 0. The van der Waals surface area contributed by atoms with E-state index in [9.17, 15) is 4.79 Å². The Balaban J connectivity index is 0.00000121. The van der Waals surface area contributed by atoms with Crippen molar-refractivity contribution in [3.63, 3.8) is 0 Å². The molecule has 66 valence electrons. The standard InChI is InChI=1S/C9H16O2.Zn/c1-6-3-4-8(9(10)11)7(2)5-6;/h6-8H,3-5H2,1-2H3,(H,10,11);. The Morgan fingerprint density at radius 2 is 1.92 bits per heavy atom. The van der Waals surface area contributed by atoms with Gasteiger partial charge in [-0.3, -0.25) is 4.79 Å². The van der Waals surface area contributed by atoms with Gasteiger partial charge in [0, 0.05) is 19.5 Å². The first kappa shape index (κ1) is 12.1. The first-order valence-corrected chi connectivity index (χ1v) is 4.34. The zero-order valence-electron chi connectivity index (χ0n) is 7.92. The van der Waals surface area contributed by atoms with Crippen molar-refractivity contribution in [1.29, 1.82) is 0 Å². The molecular formula is C9H16O2Zn. The maximum atomic E-state index is 10.7. The molecule has 12 heavy (non-hydrogen) atoms. The van der Waals surface area contributed by atoms with Gasteiger partial charge in [-0.15, -0.1) is 0 Å². The zero-order valence-corrected chi connectivity index (χ0v) is 10.9. The molecule has 0 aliphatic heterocycles. The summed E-state index contributed by atoms with van der Waals surface area (Å²) in [5.74, 6) is 0.410. The molecule has 3 unspecified atom stereocenters. The molecule has 3 atom stereocenters. The van der Waals surface area contributed by atoms with Crippen LogP contribution in [0.2, 0.25) is 0 Å². The Morgan fingerprint density at radius 1 is 1.33 bits per heavy atom. The number of aliphatic carboxylic acids is 1. The van der Waals surface area contributed by atoms with E-state index in [1.807, 2.05) is 0 Å². The van der Waals surface area contributed by atoms with Crippen molar-refractivity contribution in [3.05, 3.63) is 0 Å². The summed E-state index contributed by atoms with van der Waals surface area (Å²) >= 11 is 0. The molecular weight excluding hydrogens is 205 g/mol. The fourth-order valence-electron chi connectivity index (χ4n) is 2.03. The summed E-state index contributed by atoms with van der Waals surface area (Å²) in [6.45, 7) is 4.25. The van der Waals surface area contributed by atoms with Crippen molar-refractivity contribution in [3.8, 4) is 0 Å². The molecule has 0 amide bonds. The smallest absolute Gasteiger partial charge is 0.306 e. The summed E-state index contributed by atoms with van der Waals surface area (Å²) in [5, 5.41) is 8.79. The van der Waals surface area contributed by atoms with Crippen LogP contribution in [0.4, 0.5) is 0 Å². The second-order valence-corrected chi connectivity index (χ2v) is 3.84. The van der Waals surface area contributed by atoms with Gasteiger partial charge >= 0.3 is 5.97 Å². The third-order valence-electron chi connectivity index (χ3n) is 2.75. The van der Waals surface area contributed by atoms with Crippen LogP contribution in [-0.2, 0) is 24.3 Å². The van der Waals surface area contributed by atoms with E-state index in [1.165, 1.54) is 0 Å². The zero-order chi connectivity index (χ0) is 8.43. The third kappa shape index (κ3) is 2.86. The number of carboxylic acids is 1. The molecule has 0 bridgehead atoms. The predicted molar refractivity (Wildman–Crippen MR) is 43.3 cm³/mol. The molecule has 2 nitrogen and oxygen atoms in total. The number of carboxylic acid groups (broad SMARTS) is 1. The van der Waals surface area contributed by atoms with Gasteiger partial charge in [-0.05, 0) is 31.1 Å². The molecule has 3 heteroatoms. The fourth-order valence-corrected chi connectivity index (χ4v) is 2.03. The molecule has 1 aliphatic rings. The van der Waals surface area contributed by atoms with E-state index in [-0.39, 0.29) is 25.4 Å². The van der Waals surface area contributed by atoms with E-state index in [1.54, 1.807) is 0 Å². The maximum Gasteiger partial charge on any atom is 0.306 e. The minimum Gasteiger partial charge on any atom is -0.481 e. The molecule has 0 aromatic rings. The van der Waals surface area contributed by atoms with Gasteiger partial charge in [-0.1, -0.05) is 13.8 Å². The summed E-state index contributed by atoms with van der Waals surface area (Å²) in [4.78, 5) is 10.7. The van der Waals surface area contributed by atoms with Crippen LogP contribution in [0.5, 0.6) is 0 Å². The van der Waals surface area contributed by atoms with E-state index in [0.29, 0.717) is 5.92 Å². The van der Waals surface area contributed by atoms with Crippen LogP contribution in [0.1, 0.15) is 33.1 Å². The number of hydrogen-bond acceptors (Lipinski definition) is 1. The summed E-state index contributed by atoms with van der Waals surface area (Å²) in [6, 6.07) is 0. The number of carbonyl (C=O) groups is 1. The van der Waals surface area contributed by atoms with Gasteiger partial charge in [0.1, 0.15) is 0 Å². The van der Waals surface area contributed by atoms with Crippen molar-refractivity contribution in [1.82, 2.24) is 0 Å². The second-order valence-electron chi connectivity index (χ2n) is 3.84. The van der Waals surface area contributed by atoms with Gasteiger partial charge in [0.05, 0.1) is 5.92 Å². The van der Waals surface area contributed by atoms with Gasteiger partial charge < -0.3 is 5.11 Å². The largest absolute Gasteiger partial charge is 0.481 e. The first-order valence-electron chi connectivity index (χ1n) is 4.34. The van der Waals surface area contributed by atoms with Crippen molar-refractivity contribution < 1.29 is 29.4 Å². The van der Waals surface area contributed by atoms with Gasteiger partial charge in [-0.25, -0.2) is 0 Å². The molecule has 0 saturated heterocycles. The molecule has 1 rings (SSSR count). The second kappa shape index (κ2) is 4.96. The van der Waals surface area contributed by atoms with Crippen molar-refractivity contribution in [2.75, 3.05) is 0 Å². The van der Waals surface area contributed by atoms with Crippen LogP contribution in [0.3, 0.4) is 0 Å². The van der Waals surface area contributed by atoms with E-state index >= 15 is 0 Å². The maximum absolute atomic E-state index is 10.7. The van der Waals surface area contributed by atoms with E-state index in [2.05, 4.69) is 13.8 Å². The Kier molecular flexibility index (Phi) is 5.00. The molecule has 1 saturated carbocycles. The molecule has 1 aliphatic carbocycles. The van der Waals surface area contributed by atoms with Crippen LogP contribution in [0.15, 0.2) is 0 Å². The summed E-state index contributed by atoms with van der Waals surface area (Å²) in [5.41, 5.74) is 0. The molecule has 0 aromatic carbocycles. The van der Waals surface area contributed by atoms with Gasteiger partial charge in [-0.2, -0.15) is 0 Å². The van der Waals surface area contributed by atoms with Crippen molar-refractivity contribution in [2.24, 2.45) is 17.8 Å². The van der Waals surface area contributed by atoms with Crippen LogP contribution in [-0.4, -0.2) is 11.1 Å². The predicted octanol–water partition coefficient (Wildman–Crippen LogP) is 2.14. The van der Waals surface area contributed by atoms with Crippen molar-refractivity contribution >= 4 is 5.97 Å². The Morgan fingerprint density at radius 3 is 2.33 bits per heavy atom.